The summed E-state index contributed by atoms with van der Waals surface area (Å²) in [5.74, 6) is -0.628. The predicted octanol–water partition coefficient (Wildman–Crippen LogP) is 4.65. The summed E-state index contributed by atoms with van der Waals surface area (Å²) in [7, 11) is 0. The van der Waals surface area contributed by atoms with Gasteiger partial charge in [-0.1, -0.05) is 13.0 Å². The van der Waals surface area contributed by atoms with Crippen molar-refractivity contribution in [2.45, 2.75) is 19.5 Å². The maximum absolute atomic E-state index is 12.7. The van der Waals surface area contributed by atoms with Gasteiger partial charge in [0.25, 0.3) is 11.6 Å². The lowest BCUT2D eigenvalue weighted by Crippen LogP contribution is -2.15. The number of anilines is 1. The van der Waals surface area contributed by atoms with Crippen LogP contribution in [0.5, 0.6) is 5.75 Å². The van der Waals surface area contributed by atoms with Crippen LogP contribution in [-0.4, -0.2) is 17.4 Å². The van der Waals surface area contributed by atoms with E-state index >= 15 is 0 Å². The third-order valence-electron chi connectivity index (χ3n) is 3.34. The van der Waals surface area contributed by atoms with Crippen molar-refractivity contribution in [1.82, 2.24) is 0 Å². The van der Waals surface area contributed by atoms with Crippen molar-refractivity contribution in [2.75, 3.05) is 11.9 Å². The average Bonchev–Trinajstić information content (AvgIpc) is 2.60. The van der Waals surface area contributed by atoms with Gasteiger partial charge in [-0.05, 0) is 36.8 Å². The van der Waals surface area contributed by atoms with Crippen LogP contribution in [0.4, 0.5) is 24.5 Å². The molecule has 26 heavy (non-hydrogen) atoms. The highest BCUT2D eigenvalue weighted by atomic mass is 19.4. The number of hydrogen-bond donors (Lipinski definition) is 1. The Bertz CT molecular complexity index is 822. The van der Waals surface area contributed by atoms with Crippen LogP contribution in [0.15, 0.2) is 42.5 Å². The number of hydrogen-bond acceptors (Lipinski definition) is 4. The first kappa shape index (κ1) is 19.2. The fraction of sp³-hybridized carbons (Fsp3) is 0.235. The SMILES string of the molecule is CCCOc1ccc(NC(=O)c2cccc(C(F)(F)F)c2)c([N+](=O)[O-])c1. The normalized spacial score (nSPS) is 11.1. The monoisotopic (exact) mass is 368 g/mol. The third-order valence-corrected chi connectivity index (χ3v) is 3.34. The van der Waals surface area contributed by atoms with E-state index in [2.05, 4.69) is 5.32 Å². The Morgan fingerprint density at radius 2 is 1.96 bits per heavy atom. The van der Waals surface area contributed by atoms with E-state index in [4.69, 9.17) is 4.74 Å². The number of nitro groups is 1. The molecule has 0 heterocycles. The summed E-state index contributed by atoms with van der Waals surface area (Å²) < 4.78 is 43.5. The zero-order valence-corrected chi connectivity index (χ0v) is 13.7. The highest BCUT2D eigenvalue weighted by Crippen LogP contribution is 2.31. The number of rotatable bonds is 6. The molecule has 0 aliphatic carbocycles. The highest BCUT2D eigenvalue weighted by molar-refractivity contribution is 6.05. The minimum absolute atomic E-state index is 0.138. The van der Waals surface area contributed by atoms with Crippen molar-refractivity contribution in [2.24, 2.45) is 0 Å². The van der Waals surface area contributed by atoms with E-state index in [0.717, 1.165) is 18.2 Å². The van der Waals surface area contributed by atoms with Gasteiger partial charge in [0, 0.05) is 5.56 Å². The lowest BCUT2D eigenvalue weighted by atomic mass is 10.1. The molecule has 0 saturated heterocycles. The maximum Gasteiger partial charge on any atom is 0.416 e. The third kappa shape index (κ3) is 4.71. The minimum Gasteiger partial charge on any atom is -0.493 e. The van der Waals surface area contributed by atoms with Gasteiger partial charge < -0.3 is 10.1 Å². The van der Waals surface area contributed by atoms with Crippen molar-refractivity contribution in [3.63, 3.8) is 0 Å². The summed E-state index contributed by atoms with van der Waals surface area (Å²) >= 11 is 0. The van der Waals surface area contributed by atoms with Gasteiger partial charge in [-0.3, -0.25) is 14.9 Å². The van der Waals surface area contributed by atoms with Crippen LogP contribution in [0.1, 0.15) is 29.3 Å². The van der Waals surface area contributed by atoms with Crippen LogP contribution in [0, 0.1) is 10.1 Å². The van der Waals surface area contributed by atoms with Crippen molar-refractivity contribution < 1.29 is 27.6 Å². The standard InChI is InChI=1S/C17H15F3N2O4/c1-2-8-26-13-6-7-14(15(10-13)22(24)25)21-16(23)11-4-3-5-12(9-11)17(18,19)20/h3-7,9-10H,2,8H2,1H3,(H,21,23). The number of carbonyl (C=O) groups excluding carboxylic acids is 1. The van der Waals surface area contributed by atoms with Crippen molar-refractivity contribution >= 4 is 17.3 Å². The molecule has 2 aromatic carbocycles. The second-order valence-electron chi connectivity index (χ2n) is 5.32. The molecule has 0 unspecified atom stereocenters. The van der Waals surface area contributed by atoms with E-state index in [9.17, 15) is 28.1 Å². The van der Waals surface area contributed by atoms with Crippen LogP contribution in [0.2, 0.25) is 0 Å². The molecule has 2 aromatic rings. The average molecular weight is 368 g/mol. The molecule has 9 heteroatoms. The van der Waals surface area contributed by atoms with Crippen LogP contribution in [-0.2, 0) is 6.18 Å². The first-order chi connectivity index (χ1) is 12.2. The molecule has 0 aromatic heterocycles. The Labute approximate surface area is 146 Å². The van der Waals surface area contributed by atoms with Gasteiger partial charge in [0.1, 0.15) is 11.4 Å². The molecule has 138 valence electrons. The smallest absolute Gasteiger partial charge is 0.416 e. The van der Waals surface area contributed by atoms with Crippen LogP contribution >= 0.6 is 0 Å². The number of benzene rings is 2. The molecule has 0 bridgehead atoms. The van der Waals surface area contributed by atoms with E-state index in [0.29, 0.717) is 19.1 Å². The second kappa shape index (κ2) is 7.85. The van der Waals surface area contributed by atoms with Gasteiger partial charge in [0.05, 0.1) is 23.2 Å². The summed E-state index contributed by atoms with van der Waals surface area (Å²) in [4.78, 5) is 22.7. The van der Waals surface area contributed by atoms with E-state index in [-0.39, 0.29) is 17.0 Å². The Morgan fingerprint density at radius 1 is 1.23 bits per heavy atom. The number of nitrogens with one attached hydrogen (secondary N) is 1. The second-order valence-corrected chi connectivity index (χ2v) is 5.32. The molecule has 1 N–H and O–H groups in total. The first-order valence-corrected chi connectivity index (χ1v) is 7.62. The Hall–Kier alpha value is -3.10. The van der Waals surface area contributed by atoms with E-state index in [1.165, 1.54) is 18.2 Å². The summed E-state index contributed by atoms with van der Waals surface area (Å²) in [6.45, 7) is 2.24. The molecule has 0 aliphatic rings. The molecular formula is C17H15F3N2O4. The largest absolute Gasteiger partial charge is 0.493 e. The zero-order valence-electron chi connectivity index (χ0n) is 13.7. The summed E-state index contributed by atoms with van der Waals surface area (Å²) in [6.07, 6.45) is -3.89. The molecule has 0 radical (unpaired) electrons. The lowest BCUT2D eigenvalue weighted by molar-refractivity contribution is -0.384. The molecule has 0 atom stereocenters. The number of alkyl halides is 3. The van der Waals surface area contributed by atoms with Crippen molar-refractivity contribution in [3.05, 3.63) is 63.7 Å². The number of carbonyl (C=O) groups is 1. The Morgan fingerprint density at radius 3 is 2.58 bits per heavy atom. The lowest BCUT2D eigenvalue weighted by Gasteiger charge is -2.10. The van der Waals surface area contributed by atoms with E-state index in [1.54, 1.807) is 0 Å². The number of nitrogens with zero attached hydrogens (tertiary/aromatic N) is 1. The molecular weight excluding hydrogens is 353 g/mol. The van der Waals surface area contributed by atoms with E-state index in [1.807, 2.05) is 6.92 Å². The summed E-state index contributed by atoms with van der Waals surface area (Å²) in [6, 6.07) is 7.65. The quantitative estimate of drug-likeness (QED) is 0.594. The van der Waals surface area contributed by atoms with Crippen LogP contribution in [0.3, 0.4) is 0 Å². The molecule has 1 amide bonds. The highest BCUT2D eigenvalue weighted by Gasteiger charge is 2.31. The molecule has 0 aliphatic heterocycles. The topological polar surface area (TPSA) is 81.5 Å². The number of amides is 1. The Kier molecular flexibility index (Phi) is 5.81. The fourth-order valence-corrected chi connectivity index (χ4v) is 2.11. The van der Waals surface area contributed by atoms with Gasteiger partial charge in [0.2, 0.25) is 0 Å². The zero-order chi connectivity index (χ0) is 19.3. The van der Waals surface area contributed by atoms with E-state index < -0.39 is 28.3 Å². The fourth-order valence-electron chi connectivity index (χ4n) is 2.11. The Balaban J connectivity index is 2.27. The maximum atomic E-state index is 12.7. The van der Waals surface area contributed by atoms with Crippen LogP contribution in [0.25, 0.3) is 0 Å². The molecule has 0 fully saturated rings. The molecule has 2 rings (SSSR count). The van der Waals surface area contributed by atoms with Crippen molar-refractivity contribution in [3.8, 4) is 5.75 Å². The number of halogens is 3. The van der Waals surface area contributed by atoms with Gasteiger partial charge in [-0.15, -0.1) is 0 Å². The summed E-state index contributed by atoms with van der Waals surface area (Å²) in [5.41, 5.74) is -1.80. The minimum atomic E-state index is -4.60. The van der Waals surface area contributed by atoms with Gasteiger partial charge >= 0.3 is 6.18 Å². The number of ether oxygens (including phenoxy) is 1. The summed E-state index contributed by atoms with van der Waals surface area (Å²) in [5, 5.41) is 13.5. The number of nitro benzene ring substituents is 1. The van der Waals surface area contributed by atoms with Crippen molar-refractivity contribution in [1.29, 1.82) is 0 Å². The molecule has 6 nitrogen and oxygen atoms in total. The first-order valence-electron chi connectivity index (χ1n) is 7.62. The van der Waals surface area contributed by atoms with Crippen LogP contribution < -0.4 is 10.1 Å². The van der Waals surface area contributed by atoms with Gasteiger partial charge in [-0.25, -0.2) is 0 Å². The van der Waals surface area contributed by atoms with Gasteiger partial charge in [-0.2, -0.15) is 13.2 Å². The predicted molar refractivity (Wildman–Crippen MR) is 88.3 cm³/mol. The van der Waals surface area contributed by atoms with Gasteiger partial charge in [0.15, 0.2) is 0 Å². The molecule has 0 saturated carbocycles. The molecule has 0 spiro atoms.